The molecule has 1 fully saturated rings. The van der Waals surface area contributed by atoms with E-state index in [1.807, 2.05) is 0 Å². The highest BCUT2D eigenvalue weighted by molar-refractivity contribution is 8.26. The summed E-state index contributed by atoms with van der Waals surface area (Å²) in [5.74, 6) is -0.525. The van der Waals surface area contributed by atoms with Crippen LogP contribution in [-0.2, 0) is 4.79 Å². The largest absolute Gasteiger partial charge is 0.338 e. The minimum Gasteiger partial charge on any atom is -0.307 e. The van der Waals surface area contributed by atoms with Crippen LogP contribution in [0, 0.1) is 10.1 Å². The zero-order valence-electron chi connectivity index (χ0n) is 14.2. The molecular weight excluding hydrogens is 459 g/mol. The van der Waals surface area contributed by atoms with Crippen LogP contribution >= 0.6 is 47.2 Å². The molecule has 3 amide bonds. The van der Waals surface area contributed by atoms with Crippen molar-refractivity contribution in [3.8, 4) is 0 Å². The first-order chi connectivity index (χ1) is 13.7. The third kappa shape index (κ3) is 5.04. The van der Waals surface area contributed by atoms with E-state index in [2.05, 4.69) is 10.7 Å². The van der Waals surface area contributed by atoms with Crippen molar-refractivity contribution in [3.05, 3.63) is 73.1 Å². The molecule has 8 nitrogen and oxygen atoms in total. The molecule has 0 unspecified atom stereocenters. The van der Waals surface area contributed by atoms with Gasteiger partial charge < -0.3 is 5.32 Å². The lowest BCUT2D eigenvalue weighted by Gasteiger charge is -2.16. The van der Waals surface area contributed by atoms with Crippen molar-refractivity contribution >= 4 is 80.9 Å². The van der Waals surface area contributed by atoms with E-state index in [9.17, 15) is 19.7 Å². The van der Waals surface area contributed by atoms with Crippen molar-refractivity contribution < 1.29 is 14.5 Å². The quantitative estimate of drug-likeness (QED) is 0.288. The summed E-state index contributed by atoms with van der Waals surface area (Å²) in [6.45, 7) is 0. The van der Waals surface area contributed by atoms with Crippen LogP contribution in [0.4, 0.5) is 16.2 Å². The number of thiocarbonyl (C=S) groups is 1. The Morgan fingerprint density at radius 1 is 1.17 bits per heavy atom. The number of urea groups is 1. The van der Waals surface area contributed by atoms with E-state index in [-0.39, 0.29) is 19.9 Å². The third-order valence-corrected chi connectivity index (χ3v) is 5.63. The van der Waals surface area contributed by atoms with Gasteiger partial charge >= 0.3 is 6.03 Å². The number of nitro groups is 1. The smallest absolute Gasteiger partial charge is 0.307 e. The lowest BCUT2D eigenvalue weighted by molar-refractivity contribution is -0.384. The first-order valence-electron chi connectivity index (χ1n) is 7.79. The number of rotatable bonds is 4. The number of halogens is 2. The number of benzene rings is 2. The molecule has 1 aliphatic rings. The Kier molecular flexibility index (Phi) is 6.38. The Hall–Kier alpha value is -2.66. The number of nitrogens with one attached hydrogen (secondary N) is 2. The lowest BCUT2D eigenvalue weighted by Crippen LogP contribution is -2.46. The van der Waals surface area contributed by atoms with Crippen LogP contribution in [0.5, 0.6) is 0 Å². The maximum atomic E-state index is 12.5. The van der Waals surface area contributed by atoms with Gasteiger partial charge in [-0.15, -0.1) is 0 Å². The summed E-state index contributed by atoms with van der Waals surface area (Å²) in [5.41, 5.74) is 3.26. The molecule has 1 saturated heterocycles. The highest BCUT2D eigenvalue weighted by Gasteiger charge is 2.33. The minimum absolute atomic E-state index is 0.0599. The predicted molar refractivity (Wildman–Crippen MR) is 117 cm³/mol. The highest BCUT2D eigenvalue weighted by Crippen LogP contribution is 2.32. The molecule has 2 aromatic carbocycles. The van der Waals surface area contributed by atoms with E-state index in [4.69, 9.17) is 35.4 Å². The second-order valence-electron chi connectivity index (χ2n) is 5.56. The first-order valence-corrected chi connectivity index (χ1v) is 9.78. The molecule has 0 aromatic heterocycles. The van der Waals surface area contributed by atoms with Gasteiger partial charge in [0.2, 0.25) is 0 Å². The Labute approximate surface area is 184 Å². The SMILES string of the molecule is O=C(Nc1ccc(Cl)c(Cl)c1)NN1C(=O)/C(=C\c2ccc([N+](=O)[O-])cc2)SC1=S. The van der Waals surface area contributed by atoms with Crippen LogP contribution in [-0.4, -0.2) is 26.2 Å². The Morgan fingerprint density at radius 2 is 1.86 bits per heavy atom. The summed E-state index contributed by atoms with van der Waals surface area (Å²) < 4.78 is 0.132. The summed E-state index contributed by atoms with van der Waals surface area (Å²) >= 11 is 17.9. The third-order valence-electron chi connectivity index (χ3n) is 3.59. The summed E-state index contributed by atoms with van der Waals surface area (Å²) in [5, 5.41) is 14.8. The topological polar surface area (TPSA) is 105 Å². The van der Waals surface area contributed by atoms with Gasteiger partial charge in [-0.3, -0.25) is 14.9 Å². The molecule has 0 saturated carbocycles. The fraction of sp³-hybridized carbons (Fsp3) is 0. The van der Waals surface area contributed by atoms with Gasteiger partial charge in [-0.2, -0.15) is 5.01 Å². The lowest BCUT2D eigenvalue weighted by atomic mass is 10.2. The number of thioether (sulfide) groups is 1. The van der Waals surface area contributed by atoms with Crippen LogP contribution in [0.3, 0.4) is 0 Å². The number of non-ortho nitro benzene ring substituents is 1. The number of hydrazine groups is 1. The average molecular weight is 469 g/mol. The Morgan fingerprint density at radius 3 is 2.48 bits per heavy atom. The fourth-order valence-electron chi connectivity index (χ4n) is 2.24. The van der Waals surface area contributed by atoms with E-state index in [1.165, 1.54) is 42.5 Å². The maximum absolute atomic E-state index is 12.5. The van der Waals surface area contributed by atoms with Crippen molar-refractivity contribution in [2.75, 3.05) is 5.32 Å². The van der Waals surface area contributed by atoms with E-state index in [0.29, 0.717) is 16.3 Å². The molecule has 0 bridgehead atoms. The van der Waals surface area contributed by atoms with E-state index < -0.39 is 16.9 Å². The van der Waals surface area contributed by atoms with Crippen molar-refractivity contribution in [1.29, 1.82) is 0 Å². The second-order valence-corrected chi connectivity index (χ2v) is 8.05. The zero-order valence-corrected chi connectivity index (χ0v) is 17.4. The number of anilines is 1. The van der Waals surface area contributed by atoms with E-state index >= 15 is 0 Å². The minimum atomic E-state index is -0.698. The predicted octanol–water partition coefficient (Wildman–Crippen LogP) is 4.84. The monoisotopic (exact) mass is 468 g/mol. The molecule has 148 valence electrons. The molecule has 1 aliphatic heterocycles. The van der Waals surface area contributed by atoms with Gasteiger partial charge in [-0.25, -0.2) is 10.2 Å². The number of nitro benzene ring substituents is 1. The fourth-order valence-corrected chi connectivity index (χ4v) is 3.72. The van der Waals surface area contributed by atoms with Gasteiger partial charge in [0.05, 0.1) is 19.9 Å². The van der Waals surface area contributed by atoms with Crippen molar-refractivity contribution in [3.63, 3.8) is 0 Å². The van der Waals surface area contributed by atoms with Gasteiger partial charge in [0, 0.05) is 17.8 Å². The normalized spacial score (nSPS) is 15.0. The number of nitrogens with zero attached hydrogens (tertiary/aromatic N) is 2. The molecule has 12 heteroatoms. The van der Waals surface area contributed by atoms with Gasteiger partial charge in [-0.05, 0) is 54.2 Å². The summed E-state index contributed by atoms with van der Waals surface area (Å²) in [4.78, 5) is 35.2. The Bertz CT molecular complexity index is 1060. The van der Waals surface area contributed by atoms with Crippen molar-refractivity contribution in [2.45, 2.75) is 0 Å². The molecule has 2 N–H and O–H groups in total. The Balaban J connectivity index is 1.68. The molecule has 3 rings (SSSR count). The molecular formula is C17H10Cl2N4O4S2. The highest BCUT2D eigenvalue weighted by atomic mass is 35.5. The first kappa shape index (κ1) is 21.1. The molecule has 2 aromatic rings. The molecule has 29 heavy (non-hydrogen) atoms. The summed E-state index contributed by atoms with van der Waals surface area (Å²) in [6, 6.07) is 9.51. The zero-order chi connectivity index (χ0) is 21.1. The van der Waals surface area contributed by atoms with Gasteiger partial charge in [0.1, 0.15) is 0 Å². The van der Waals surface area contributed by atoms with Crippen LogP contribution < -0.4 is 10.7 Å². The van der Waals surface area contributed by atoms with Crippen molar-refractivity contribution in [2.24, 2.45) is 0 Å². The van der Waals surface area contributed by atoms with E-state index in [1.54, 1.807) is 6.07 Å². The molecule has 0 radical (unpaired) electrons. The van der Waals surface area contributed by atoms with Crippen LogP contribution in [0.25, 0.3) is 6.08 Å². The van der Waals surface area contributed by atoms with E-state index in [0.717, 1.165) is 16.8 Å². The summed E-state index contributed by atoms with van der Waals surface area (Å²) in [7, 11) is 0. The summed E-state index contributed by atoms with van der Waals surface area (Å²) in [6.07, 6.45) is 1.53. The maximum Gasteiger partial charge on any atom is 0.338 e. The van der Waals surface area contributed by atoms with Crippen molar-refractivity contribution in [1.82, 2.24) is 10.4 Å². The van der Waals surface area contributed by atoms with Gasteiger partial charge in [0.25, 0.3) is 11.6 Å². The average Bonchev–Trinajstić information content (AvgIpc) is 2.92. The number of hydrogen-bond donors (Lipinski definition) is 2. The van der Waals surface area contributed by atoms with Crippen LogP contribution in [0.15, 0.2) is 47.4 Å². The molecule has 0 spiro atoms. The molecule has 0 aliphatic carbocycles. The number of carbonyl (C=O) groups is 2. The van der Waals surface area contributed by atoms with Gasteiger partial charge in [-0.1, -0.05) is 35.0 Å². The number of carbonyl (C=O) groups excluding carboxylic acids is 2. The van der Waals surface area contributed by atoms with Crippen LogP contribution in [0.1, 0.15) is 5.56 Å². The standard InChI is InChI=1S/C17H10Cl2N4O4S2/c18-12-6-3-10(8-13(12)19)20-16(25)21-22-15(24)14(29-17(22)28)7-9-1-4-11(5-2-9)23(26)27/h1-8H,(H2,20,21,25)/b14-7+. The van der Waals surface area contributed by atoms with Gasteiger partial charge in [0.15, 0.2) is 4.32 Å². The molecule has 0 atom stereocenters. The van der Waals surface area contributed by atoms with Crippen LogP contribution in [0.2, 0.25) is 10.0 Å². The number of amides is 3. The second kappa shape index (κ2) is 8.78. The molecule has 1 heterocycles. The number of hydrogen-bond acceptors (Lipinski definition) is 6.